The van der Waals surface area contributed by atoms with Gasteiger partial charge in [-0.05, 0) is 50.4 Å². The zero-order valence-corrected chi connectivity index (χ0v) is 15.6. The van der Waals surface area contributed by atoms with E-state index < -0.39 is 0 Å². The van der Waals surface area contributed by atoms with E-state index in [1.54, 1.807) is 6.20 Å². The summed E-state index contributed by atoms with van der Waals surface area (Å²) in [7, 11) is 0. The summed E-state index contributed by atoms with van der Waals surface area (Å²) in [5.41, 5.74) is 1.57. The van der Waals surface area contributed by atoms with Crippen molar-refractivity contribution in [1.29, 1.82) is 0 Å². The average Bonchev–Trinajstić information content (AvgIpc) is 2.75. The first-order valence-electron chi connectivity index (χ1n) is 9.59. The minimum atomic E-state index is -0.327. The molecule has 0 unspecified atom stereocenters. The monoisotopic (exact) mass is 377 g/mol. The maximum Gasteiger partial charge on any atom is 0.275 e. The third kappa shape index (κ3) is 4.43. The average molecular weight is 377 g/mol. The summed E-state index contributed by atoms with van der Waals surface area (Å²) in [6.07, 6.45) is 9.60. The van der Waals surface area contributed by atoms with Crippen LogP contribution in [0.1, 0.15) is 29.8 Å². The number of piperidine rings is 1. The second kappa shape index (κ2) is 8.75. The van der Waals surface area contributed by atoms with Gasteiger partial charge in [0.1, 0.15) is 11.4 Å². The summed E-state index contributed by atoms with van der Waals surface area (Å²) in [4.78, 5) is 24.9. The molecule has 0 bridgehead atoms. The van der Waals surface area contributed by atoms with Gasteiger partial charge in [-0.3, -0.25) is 14.8 Å². The van der Waals surface area contributed by atoms with E-state index in [9.17, 15) is 4.79 Å². The minimum Gasteiger partial charge on any atom is -0.493 e. The van der Waals surface area contributed by atoms with E-state index in [2.05, 4.69) is 25.6 Å². The molecule has 1 aliphatic heterocycles. The lowest BCUT2D eigenvalue weighted by Crippen LogP contribution is -2.28. The molecule has 7 nitrogen and oxygen atoms in total. The zero-order chi connectivity index (χ0) is 19.2. The summed E-state index contributed by atoms with van der Waals surface area (Å²) < 4.78 is 6.02. The molecule has 1 amide bonds. The van der Waals surface area contributed by atoms with Crippen LogP contribution in [0.2, 0.25) is 0 Å². The van der Waals surface area contributed by atoms with Crippen LogP contribution in [0.25, 0.3) is 10.9 Å². The summed E-state index contributed by atoms with van der Waals surface area (Å²) >= 11 is 0. The third-order valence-electron chi connectivity index (χ3n) is 4.98. The maximum absolute atomic E-state index is 12.5. The molecule has 3 aromatic rings. The van der Waals surface area contributed by atoms with Crippen LogP contribution < -0.4 is 15.4 Å². The Bertz CT molecular complexity index is 942. The van der Waals surface area contributed by atoms with Crippen LogP contribution in [0.5, 0.6) is 5.75 Å². The van der Waals surface area contributed by atoms with Crippen LogP contribution in [-0.4, -0.2) is 40.6 Å². The van der Waals surface area contributed by atoms with E-state index in [0.29, 0.717) is 23.7 Å². The fourth-order valence-electron chi connectivity index (χ4n) is 3.46. The molecule has 7 heteroatoms. The molecule has 0 radical (unpaired) electrons. The number of benzene rings is 1. The Hall–Kier alpha value is -3.06. The number of anilines is 1. The lowest BCUT2D eigenvalue weighted by molar-refractivity contribution is 0.102. The summed E-state index contributed by atoms with van der Waals surface area (Å²) in [6.45, 7) is 2.84. The van der Waals surface area contributed by atoms with Crippen molar-refractivity contribution in [2.24, 2.45) is 5.92 Å². The van der Waals surface area contributed by atoms with Gasteiger partial charge in [-0.1, -0.05) is 6.07 Å². The molecule has 1 aromatic carbocycles. The van der Waals surface area contributed by atoms with E-state index in [1.807, 2.05) is 24.3 Å². The van der Waals surface area contributed by atoms with Crippen LogP contribution in [-0.2, 0) is 0 Å². The number of hydrogen-bond acceptors (Lipinski definition) is 6. The van der Waals surface area contributed by atoms with Crippen LogP contribution in [0, 0.1) is 5.92 Å². The number of rotatable bonds is 6. The van der Waals surface area contributed by atoms with Crippen LogP contribution >= 0.6 is 0 Å². The van der Waals surface area contributed by atoms with Crippen molar-refractivity contribution in [2.75, 3.05) is 25.0 Å². The molecule has 1 fully saturated rings. The number of ether oxygens (including phenoxy) is 1. The number of nitrogens with zero attached hydrogens (tertiary/aromatic N) is 3. The fourth-order valence-corrected chi connectivity index (χ4v) is 3.46. The standard InChI is InChI=1S/C21H23N5O2/c27-21(19-14-23-9-10-24-19)26-18-13-17(12-16-2-1-6-25-20(16)18)28-11-5-15-3-7-22-8-4-15/h1-2,6,9-10,12-15,22H,3-5,7-8,11H2,(H,26,27). The number of carbonyl (C=O) groups excluding carboxylic acids is 1. The van der Waals surface area contributed by atoms with Crippen LogP contribution in [0.3, 0.4) is 0 Å². The fraction of sp³-hybridized carbons (Fsp3) is 0.333. The number of aromatic nitrogens is 3. The van der Waals surface area contributed by atoms with Gasteiger partial charge in [-0.25, -0.2) is 4.98 Å². The van der Waals surface area contributed by atoms with Gasteiger partial charge < -0.3 is 15.4 Å². The van der Waals surface area contributed by atoms with Crippen molar-refractivity contribution < 1.29 is 9.53 Å². The van der Waals surface area contributed by atoms with Crippen molar-refractivity contribution in [3.63, 3.8) is 0 Å². The molecule has 144 valence electrons. The SMILES string of the molecule is O=C(Nc1cc(OCCC2CCNCC2)cc2cccnc12)c1cnccn1. The van der Waals surface area contributed by atoms with Crippen molar-refractivity contribution >= 4 is 22.5 Å². The van der Waals surface area contributed by atoms with Gasteiger partial charge in [0, 0.05) is 30.0 Å². The number of hydrogen-bond donors (Lipinski definition) is 2. The maximum atomic E-state index is 12.5. The summed E-state index contributed by atoms with van der Waals surface area (Å²) in [6, 6.07) is 7.62. The number of nitrogens with one attached hydrogen (secondary N) is 2. The number of amides is 1. The summed E-state index contributed by atoms with van der Waals surface area (Å²) in [5.74, 6) is 1.11. The highest BCUT2D eigenvalue weighted by atomic mass is 16.5. The molecule has 4 rings (SSSR count). The second-order valence-corrected chi connectivity index (χ2v) is 6.92. The highest BCUT2D eigenvalue weighted by Gasteiger charge is 2.14. The normalized spacial score (nSPS) is 14.7. The second-order valence-electron chi connectivity index (χ2n) is 6.92. The smallest absolute Gasteiger partial charge is 0.275 e. The molecule has 2 aromatic heterocycles. The largest absolute Gasteiger partial charge is 0.493 e. The Morgan fingerprint density at radius 3 is 2.89 bits per heavy atom. The van der Waals surface area contributed by atoms with E-state index in [-0.39, 0.29) is 11.6 Å². The predicted molar refractivity (Wildman–Crippen MR) is 107 cm³/mol. The molecule has 0 aliphatic carbocycles. The Balaban J connectivity index is 1.50. The lowest BCUT2D eigenvalue weighted by Gasteiger charge is -2.22. The Morgan fingerprint density at radius 1 is 1.18 bits per heavy atom. The van der Waals surface area contributed by atoms with Gasteiger partial charge >= 0.3 is 0 Å². The van der Waals surface area contributed by atoms with Crippen LogP contribution in [0.15, 0.2) is 49.1 Å². The zero-order valence-electron chi connectivity index (χ0n) is 15.6. The molecule has 0 saturated carbocycles. The van der Waals surface area contributed by atoms with E-state index in [1.165, 1.54) is 31.4 Å². The molecule has 0 atom stereocenters. The van der Waals surface area contributed by atoms with Gasteiger partial charge in [-0.15, -0.1) is 0 Å². The molecule has 3 heterocycles. The van der Waals surface area contributed by atoms with Crippen LogP contribution in [0.4, 0.5) is 5.69 Å². The third-order valence-corrected chi connectivity index (χ3v) is 4.98. The van der Waals surface area contributed by atoms with Gasteiger partial charge in [0.2, 0.25) is 0 Å². The molecule has 1 aliphatic rings. The highest BCUT2D eigenvalue weighted by molar-refractivity contribution is 6.07. The number of fused-ring (bicyclic) bond motifs is 1. The van der Waals surface area contributed by atoms with Gasteiger partial charge in [0.25, 0.3) is 5.91 Å². The highest BCUT2D eigenvalue weighted by Crippen LogP contribution is 2.28. The van der Waals surface area contributed by atoms with Gasteiger partial charge in [0.05, 0.1) is 24.0 Å². The Morgan fingerprint density at radius 2 is 2.07 bits per heavy atom. The first-order valence-corrected chi connectivity index (χ1v) is 9.59. The first-order chi connectivity index (χ1) is 13.8. The van der Waals surface area contributed by atoms with E-state index in [0.717, 1.165) is 30.6 Å². The van der Waals surface area contributed by atoms with Gasteiger partial charge in [-0.2, -0.15) is 0 Å². The summed E-state index contributed by atoms with van der Waals surface area (Å²) in [5, 5.41) is 7.19. The Kier molecular flexibility index (Phi) is 5.72. The molecule has 0 spiro atoms. The minimum absolute atomic E-state index is 0.254. The van der Waals surface area contributed by atoms with Crippen molar-refractivity contribution in [1.82, 2.24) is 20.3 Å². The molecule has 28 heavy (non-hydrogen) atoms. The van der Waals surface area contributed by atoms with Gasteiger partial charge in [0.15, 0.2) is 0 Å². The molecule has 2 N–H and O–H groups in total. The van der Waals surface area contributed by atoms with Crippen molar-refractivity contribution in [3.8, 4) is 5.75 Å². The van der Waals surface area contributed by atoms with E-state index in [4.69, 9.17) is 4.74 Å². The topological polar surface area (TPSA) is 89.0 Å². The molecule has 1 saturated heterocycles. The number of carbonyl (C=O) groups is 1. The molecular formula is C21H23N5O2. The van der Waals surface area contributed by atoms with Crippen molar-refractivity contribution in [2.45, 2.75) is 19.3 Å². The van der Waals surface area contributed by atoms with E-state index >= 15 is 0 Å². The Labute approximate surface area is 163 Å². The quantitative estimate of drug-likeness (QED) is 0.686. The first kappa shape index (κ1) is 18.3. The van der Waals surface area contributed by atoms with Crippen molar-refractivity contribution in [3.05, 3.63) is 54.7 Å². The molecular weight excluding hydrogens is 354 g/mol. The lowest BCUT2D eigenvalue weighted by atomic mass is 9.95. The predicted octanol–water partition coefficient (Wildman–Crippen LogP) is 3.05. The number of pyridine rings is 1.